The highest BCUT2D eigenvalue weighted by atomic mass is 32.2. The number of rotatable bonds is 2. The van der Waals surface area contributed by atoms with Gasteiger partial charge in [-0.2, -0.15) is 21.6 Å². The molecule has 1 saturated heterocycles. The van der Waals surface area contributed by atoms with Crippen LogP contribution in [0.3, 0.4) is 0 Å². The van der Waals surface area contributed by atoms with Gasteiger partial charge in [-0.15, -0.1) is 0 Å². The molecule has 0 atom stereocenters. The summed E-state index contributed by atoms with van der Waals surface area (Å²) in [5, 5.41) is 0. The minimum absolute atomic E-state index is 0.159. The van der Waals surface area contributed by atoms with Crippen LogP contribution < -0.4 is 0 Å². The van der Waals surface area contributed by atoms with Crippen molar-refractivity contribution in [1.29, 1.82) is 0 Å². The second-order valence-electron chi connectivity index (χ2n) is 3.19. The molecule has 5 nitrogen and oxygen atoms in total. The van der Waals surface area contributed by atoms with Crippen molar-refractivity contribution >= 4 is 16.1 Å². The van der Waals surface area contributed by atoms with Crippen LogP contribution in [0.25, 0.3) is 0 Å². The lowest BCUT2D eigenvalue weighted by molar-refractivity contribution is -0.143. The Kier molecular flexibility index (Phi) is 3.79. The van der Waals surface area contributed by atoms with Crippen molar-refractivity contribution in [2.24, 2.45) is 5.92 Å². The maximum absolute atomic E-state index is 11.9. The van der Waals surface area contributed by atoms with Crippen molar-refractivity contribution in [3.8, 4) is 0 Å². The molecule has 0 amide bonds. The van der Waals surface area contributed by atoms with E-state index in [1.165, 1.54) is 0 Å². The zero-order valence-corrected chi connectivity index (χ0v) is 8.81. The smallest absolute Gasteiger partial charge is 0.381 e. The molecule has 1 rings (SSSR count). The van der Waals surface area contributed by atoms with Crippen LogP contribution in [0.15, 0.2) is 0 Å². The molecule has 0 spiro atoms. The van der Waals surface area contributed by atoms with Crippen LogP contribution in [-0.4, -0.2) is 33.1 Å². The second-order valence-corrected chi connectivity index (χ2v) is 4.73. The Balaban J connectivity index is 2.64. The molecule has 9 heteroatoms. The molecule has 0 bridgehead atoms. The van der Waals surface area contributed by atoms with Gasteiger partial charge in [0.25, 0.3) is 0 Å². The Morgan fingerprint density at radius 1 is 1.25 bits per heavy atom. The summed E-state index contributed by atoms with van der Waals surface area (Å²) in [5.74, 6) is -2.23. The largest absolute Gasteiger partial charge is 0.534 e. The maximum Gasteiger partial charge on any atom is 0.534 e. The fourth-order valence-electron chi connectivity index (χ4n) is 1.16. The van der Waals surface area contributed by atoms with Gasteiger partial charge in [0, 0.05) is 13.2 Å². The summed E-state index contributed by atoms with van der Waals surface area (Å²) in [6.07, 6.45) is 0.318. The van der Waals surface area contributed by atoms with Crippen LogP contribution in [0.1, 0.15) is 12.8 Å². The van der Waals surface area contributed by atoms with E-state index in [1.54, 1.807) is 0 Å². The highest BCUT2D eigenvalue weighted by molar-refractivity contribution is 7.88. The third kappa shape index (κ3) is 3.08. The summed E-state index contributed by atoms with van der Waals surface area (Å²) in [7, 11) is -5.84. The zero-order valence-electron chi connectivity index (χ0n) is 7.99. The van der Waals surface area contributed by atoms with E-state index in [2.05, 4.69) is 4.18 Å². The molecular weight excluding hydrogens is 253 g/mol. The Bertz CT molecular complexity index is 355. The van der Waals surface area contributed by atoms with Crippen LogP contribution in [0.2, 0.25) is 0 Å². The number of halogens is 3. The van der Waals surface area contributed by atoms with Crippen molar-refractivity contribution in [2.75, 3.05) is 13.2 Å². The summed E-state index contributed by atoms with van der Waals surface area (Å²) in [5.41, 5.74) is -5.58. The molecule has 0 N–H and O–H groups in total. The lowest BCUT2D eigenvalue weighted by atomic mass is 10.0. The molecule has 1 fully saturated rings. The predicted octanol–water partition coefficient (Wildman–Crippen LogP) is 0.806. The number of carbonyl (C=O) groups excluding carboxylic acids is 1. The van der Waals surface area contributed by atoms with Crippen LogP contribution in [-0.2, 0) is 23.8 Å². The van der Waals surface area contributed by atoms with Gasteiger partial charge in [-0.05, 0) is 12.8 Å². The summed E-state index contributed by atoms with van der Waals surface area (Å²) in [6, 6.07) is 0. The van der Waals surface area contributed by atoms with E-state index < -0.39 is 27.5 Å². The summed E-state index contributed by atoms with van der Waals surface area (Å²) < 4.78 is 65.0. The molecule has 0 aromatic rings. The van der Waals surface area contributed by atoms with Gasteiger partial charge in [-0.3, -0.25) is 4.79 Å². The first-order valence-corrected chi connectivity index (χ1v) is 5.77. The molecule has 0 aromatic carbocycles. The van der Waals surface area contributed by atoms with E-state index in [0.29, 0.717) is 0 Å². The Hall–Kier alpha value is -0.830. The van der Waals surface area contributed by atoms with Gasteiger partial charge in [-0.1, -0.05) is 0 Å². The first kappa shape index (κ1) is 13.2. The number of carbonyl (C=O) groups is 1. The van der Waals surface area contributed by atoms with E-state index in [0.717, 1.165) is 0 Å². The molecule has 1 heterocycles. The molecule has 0 radical (unpaired) electrons. The molecule has 0 saturated carbocycles. The van der Waals surface area contributed by atoms with Crippen molar-refractivity contribution in [3.63, 3.8) is 0 Å². The van der Waals surface area contributed by atoms with Gasteiger partial charge in [0.2, 0.25) is 0 Å². The Labute approximate surface area is 89.6 Å². The second kappa shape index (κ2) is 4.58. The van der Waals surface area contributed by atoms with Gasteiger partial charge in [0.1, 0.15) is 0 Å². The van der Waals surface area contributed by atoms with E-state index in [1.807, 2.05) is 0 Å². The van der Waals surface area contributed by atoms with E-state index in [4.69, 9.17) is 4.74 Å². The Morgan fingerprint density at radius 3 is 2.19 bits per heavy atom. The van der Waals surface area contributed by atoms with Crippen molar-refractivity contribution in [2.45, 2.75) is 18.3 Å². The average Bonchev–Trinajstić information content (AvgIpc) is 2.16. The zero-order chi connectivity index (χ0) is 12.4. The van der Waals surface area contributed by atoms with Gasteiger partial charge in [0.15, 0.2) is 0 Å². The van der Waals surface area contributed by atoms with Crippen molar-refractivity contribution in [3.05, 3.63) is 0 Å². The highest BCUT2D eigenvalue weighted by Gasteiger charge is 2.50. The topological polar surface area (TPSA) is 69.7 Å². The van der Waals surface area contributed by atoms with Crippen molar-refractivity contribution in [1.82, 2.24) is 0 Å². The maximum atomic E-state index is 11.9. The lowest BCUT2D eigenvalue weighted by Gasteiger charge is -2.20. The number of hydrogen-bond acceptors (Lipinski definition) is 5. The third-order valence-corrected chi connectivity index (χ3v) is 2.98. The van der Waals surface area contributed by atoms with Crippen LogP contribution >= 0.6 is 0 Å². The summed E-state index contributed by atoms with van der Waals surface area (Å²) in [4.78, 5) is 11.1. The minimum Gasteiger partial charge on any atom is -0.381 e. The lowest BCUT2D eigenvalue weighted by Crippen LogP contribution is -2.32. The summed E-state index contributed by atoms with van der Waals surface area (Å²) >= 11 is 0. The fraction of sp³-hybridized carbons (Fsp3) is 0.857. The highest BCUT2D eigenvalue weighted by Crippen LogP contribution is 2.26. The Morgan fingerprint density at radius 2 is 1.75 bits per heavy atom. The van der Waals surface area contributed by atoms with E-state index >= 15 is 0 Å². The average molecular weight is 262 g/mol. The van der Waals surface area contributed by atoms with Gasteiger partial charge >= 0.3 is 21.6 Å². The van der Waals surface area contributed by atoms with Gasteiger partial charge in [0.05, 0.1) is 5.92 Å². The fourth-order valence-corrected chi connectivity index (χ4v) is 1.60. The predicted molar refractivity (Wildman–Crippen MR) is 44.6 cm³/mol. The van der Waals surface area contributed by atoms with Gasteiger partial charge < -0.3 is 8.92 Å². The first-order chi connectivity index (χ1) is 7.24. The SMILES string of the molecule is O=C(OS(=O)(=O)C(F)(F)F)C1CCOCC1. The van der Waals surface area contributed by atoms with Crippen LogP contribution in [0.5, 0.6) is 0 Å². The van der Waals surface area contributed by atoms with Crippen LogP contribution in [0.4, 0.5) is 13.2 Å². The monoisotopic (exact) mass is 262 g/mol. The normalized spacial score (nSPS) is 19.4. The molecule has 1 aliphatic heterocycles. The standard InChI is InChI=1S/C7H9F3O5S/c8-7(9,10)16(12,13)15-6(11)5-1-3-14-4-2-5/h5H,1-4H2. The number of alkyl halides is 3. The van der Waals surface area contributed by atoms with Crippen LogP contribution in [0, 0.1) is 5.92 Å². The number of ether oxygens (including phenoxy) is 1. The quantitative estimate of drug-likeness (QED) is 0.544. The molecule has 1 aliphatic rings. The molecule has 94 valence electrons. The first-order valence-electron chi connectivity index (χ1n) is 4.36. The third-order valence-electron chi connectivity index (χ3n) is 2.03. The molecule has 16 heavy (non-hydrogen) atoms. The molecule has 0 aromatic heterocycles. The minimum atomic E-state index is -5.84. The molecule has 0 aliphatic carbocycles. The van der Waals surface area contributed by atoms with E-state index in [-0.39, 0.29) is 26.1 Å². The van der Waals surface area contributed by atoms with Crippen molar-refractivity contribution < 1.29 is 35.3 Å². The number of hydrogen-bond donors (Lipinski definition) is 0. The summed E-state index contributed by atoms with van der Waals surface area (Å²) in [6.45, 7) is 0.400. The molecular formula is C7H9F3O5S. The van der Waals surface area contributed by atoms with E-state index in [9.17, 15) is 26.4 Å². The molecule has 0 unspecified atom stereocenters. The van der Waals surface area contributed by atoms with Gasteiger partial charge in [-0.25, -0.2) is 0 Å².